The van der Waals surface area contributed by atoms with E-state index in [2.05, 4.69) is 27.7 Å². The second-order valence-electron chi connectivity index (χ2n) is 7.89. The number of hydrogen-bond donors (Lipinski definition) is 0. The molecule has 0 saturated carbocycles. The standard InChI is InChI=1S/C20H32O4Si/c1-7-8-9-12-15-23-18(21)16-13-10-11-14-17(16)19(22)24-25(5,6)20(2,3)4/h10-11,13-14H,7-9,12,15H2,1-6H3. The van der Waals surface area contributed by atoms with Crippen LogP contribution in [0.3, 0.4) is 0 Å². The number of rotatable bonds is 8. The molecule has 0 amide bonds. The maximum Gasteiger partial charge on any atom is 0.339 e. The van der Waals surface area contributed by atoms with Gasteiger partial charge in [0, 0.05) is 0 Å². The van der Waals surface area contributed by atoms with Crippen LogP contribution in [0.4, 0.5) is 0 Å². The third-order valence-electron chi connectivity index (χ3n) is 4.75. The Morgan fingerprint density at radius 3 is 2.04 bits per heavy atom. The van der Waals surface area contributed by atoms with Crippen molar-refractivity contribution in [2.45, 2.75) is 71.5 Å². The number of ether oxygens (including phenoxy) is 1. The number of carbonyl (C=O) groups excluding carboxylic acids is 2. The lowest BCUT2D eigenvalue weighted by Gasteiger charge is -2.35. The van der Waals surface area contributed by atoms with Gasteiger partial charge in [0.15, 0.2) is 0 Å². The number of benzene rings is 1. The first-order valence-corrected chi connectivity index (χ1v) is 12.0. The molecule has 1 aromatic carbocycles. The predicted octanol–water partition coefficient (Wildman–Crippen LogP) is 5.59. The summed E-state index contributed by atoms with van der Waals surface area (Å²) in [5.74, 6) is -0.899. The van der Waals surface area contributed by atoms with Crippen LogP contribution in [0.2, 0.25) is 18.1 Å². The maximum atomic E-state index is 12.7. The Morgan fingerprint density at radius 2 is 1.52 bits per heavy atom. The topological polar surface area (TPSA) is 52.6 Å². The Morgan fingerprint density at radius 1 is 0.960 bits per heavy atom. The molecule has 0 spiro atoms. The minimum atomic E-state index is -2.25. The Kier molecular flexibility index (Phi) is 7.86. The monoisotopic (exact) mass is 364 g/mol. The maximum absolute atomic E-state index is 12.7. The summed E-state index contributed by atoms with van der Waals surface area (Å²) >= 11 is 0. The lowest BCUT2D eigenvalue weighted by molar-refractivity contribution is 0.0488. The van der Waals surface area contributed by atoms with Gasteiger partial charge < -0.3 is 9.16 Å². The van der Waals surface area contributed by atoms with Gasteiger partial charge in [-0.1, -0.05) is 59.1 Å². The number of unbranched alkanes of at least 4 members (excludes halogenated alkanes) is 3. The second-order valence-corrected chi connectivity index (χ2v) is 12.6. The van der Waals surface area contributed by atoms with Crippen LogP contribution < -0.4 is 0 Å². The summed E-state index contributed by atoms with van der Waals surface area (Å²) in [4.78, 5) is 25.0. The molecule has 0 unspecified atom stereocenters. The molecule has 4 nitrogen and oxygen atoms in total. The van der Waals surface area contributed by atoms with Crippen LogP contribution in [0.15, 0.2) is 24.3 Å². The molecule has 1 aromatic rings. The van der Waals surface area contributed by atoms with Crippen molar-refractivity contribution >= 4 is 20.3 Å². The van der Waals surface area contributed by atoms with Gasteiger partial charge in [-0.2, -0.15) is 0 Å². The van der Waals surface area contributed by atoms with E-state index in [1.165, 1.54) is 0 Å². The van der Waals surface area contributed by atoms with Crippen molar-refractivity contribution in [2.75, 3.05) is 6.61 Å². The van der Waals surface area contributed by atoms with Crippen LogP contribution in [0.25, 0.3) is 0 Å². The van der Waals surface area contributed by atoms with Crippen molar-refractivity contribution in [3.05, 3.63) is 35.4 Å². The zero-order valence-corrected chi connectivity index (χ0v) is 17.5. The van der Waals surface area contributed by atoms with Crippen LogP contribution in [-0.4, -0.2) is 26.9 Å². The lowest BCUT2D eigenvalue weighted by Crippen LogP contribution is -2.42. The van der Waals surface area contributed by atoms with Gasteiger partial charge >= 0.3 is 11.9 Å². The van der Waals surface area contributed by atoms with Gasteiger partial charge in [0.1, 0.15) is 0 Å². The number of carbonyl (C=O) groups is 2. The largest absolute Gasteiger partial charge is 0.516 e. The SMILES string of the molecule is CCCCCCOC(=O)c1ccccc1C(=O)O[Si](C)(C)C(C)(C)C. The Labute approximate surface area is 153 Å². The van der Waals surface area contributed by atoms with Gasteiger partial charge in [-0.15, -0.1) is 0 Å². The normalized spacial score (nSPS) is 11.9. The molecule has 0 aromatic heterocycles. The van der Waals surface area contributed by atoms with Crippen molar-refractivity contribution in [1.82, 2.24) is 0 Å². The highest BCUT2D eigenvalue weighted by atomic mass is 28.4. The van der Waals surface area contributed by atoms with Crippen molar-refractivity contribution < 1.29 is 18.8 Å². The van der Waals surface area contributed by atoms with E-state index >= 15 is 0 Å². The zero-order chi connectivity index (χ0) is 19.1. The summed E-state index contributed by atoms with van der Waals surface area (Å²) in [6, 6.07) is 6.72. The van der Waals surface area contributed by atoms with Crippen LogP contribution >= 0.6 is 0 Å². The van der Waals surface area contributed by atoms with Gasteiger partial charge in [-0.3, -0.25) is 0 Å². The summed E-state index contributed by atoms with van der Waals surface area (Å²) in [5.41, 5.74) is 0.563. The highest BCUT2D eigenvalue weighted by molar-refractivity contribution is 6.75. The smallest absolute Gasteiger partial charge is 0.339 e. The van der Waals surface area contributed by atoms with E-state index in [-0.39, 0.29) is 16.2 Å². The van der Waals surface area contributed by atoms with Crippen LogP contribution in [0, 0.1) is 0 Å². The summed E-state index contributed by atoms with van der Waals surface area (Å²) in [6.07, 6.45) is 4.15. The van der Waals surface area contributed by atoms with Crippen molar-refractivity contribution in [3.8, 4) is 0 Å². The molecular formula is C20H32O4Si. The molecule has 0 aliphatic carbocycles. The second kappa shape index (κ2) is 9.18. The van der Waals surface area contributed by atoms with E-state index in [1.807, 2.05) is 13.1 Å². The molecule has 25 heavy (non-hydrogen) atoms. The van der Waals surface area contributed by atoms with E-state index in [4.69, 9.17) is 9.16 Å². The molecule has 0 bridgehead atoms. The minimum absolute atomic E-state index is 0.0859. The molecule has 0 aliphatic rings. The zero-order valence-electron chi connectivity index (χ0n) is 16.5. The molecule has 0 aliphatic heterocycles. The highest BCUT2D eigenvalue weighted by Gasteiger charge is 2.41. The molecule has 0 fully saturated rings. The molecule has 5 heteroatoms. The predicted molar refractivity (Wildman–Crippen MR) is 103 cm³/mol. The molecule has 0 N–H and O–H groups in total. The van der Waals surface area contributed by atoms with Gasteiger partial charge in [0.05, 0.1) is 17.7 Å². The fraction of sp³-hybridized carbons (Fsp3) is 0.600. The Balaban J connectivity index is 2.82. The summed E-state index contributed by atoms with van der Waals surface area (Å²) < 4.78 is 11.2. The fourth-order valence-corrected chi connectivity index (χ4v) is 2.93. The van der Waals surface area contributed by atoms with E-state index in [1.54, 1.807) is 24.3 Å². The van der Waals surface area contributed by atoms with Crippen molar-refractivity contribution in [2.24, 2.45) is 0 Å². The summed E-state index contributed by atoms with van der Waals surface area (Å²) in [5, 5.41) is -0.0859. The molecule has 0 saturated heterocycles. The van der Waals surface area contributed by atoms with Gasteiger partial charge in [0.25, 0.3) is 8.32 Å². The Bertz CT molecular complexity index is 588. The number of esters is 1. The van der Waals surface area contributed by atoms with Crippen LogP contribution in [0.1, 0.15) is 74.1 Å². The van der Waals surface area contributed by atoms with Crippen molar-refractivity contribution in [1.29, 1.82) is 0 Å². The average Bonchev–Trinajstić information content (AvgIpc) is 2.53. The lowest BCUT2D eigenvalue weighted by atomic mass is 10.1. The van der Waals surface area contributed by atoms with Crippen molar-refractivity contribution in [3.63, 3.8) is 0 Å². The van der Waals surface area contributed by atoms with E-state index < -0.39 is 20.3 Å². The minimum Gasteiger partial charge on any atom is -0.516 e. The van der Waals surface area contributed by atoms with E-state index in [0.29, 0.717) is 6.61 Å². The highest BCUT2D eigenvalue weighted by Crippen LogP contribution is 2.37. The molecule has 0 atom stereocenters. The van der Waals surface area contributed by atoms with Crippen LogP contribution in [0.5, 0.6) is 0 Å². The molecular weight excluding hydrogens is 332 g/mol. The Hall–Kier alpha value is -1.62. The fourth-order valence-electron chi connectivity index (χ4n) is 2.05. The third kappa shape index (κ3) is 6.31. The van der Waals surface area contributed by atoms with Gasteiger partial charge in [0.2, 0.25) is 0 Å². The molecule has 1 rings (SSSR count). The summed E-state index contributed by atoms with van der Waals surface area (Å²) in [7, 11) is -2.25. The van der Waals surface area contributed by atoms with E-state index in [9.17, 15) is 9.59 Å². The molecule has 0 heterocycles. The first-order chi connectivity index (χ1) is 11.6. The molecule has 0 radical (unpaired) electrons. The first-order valence-electron chi connectivity index (χ1n) is 9.09. The third-order valence-corrected chi connectivity index (χ3v) is 9.06. The van der Waals surface area contributed by atoms with Gasteiger partial charge in [-0.25, -0.2) is 9.59 Å². The van der Waals surface area contributed by atoms with Crippen LogP contribution in [-0.2, 0) is 9.16 Å². The van der Waals surface area contributed by atoms with Gasteiger partial charge in [-0.05, 0) is 36.7 Å². The molecule has 140 valence electrons. The number of hydrogen-bond acceptors (Lipinski definition) is 4. The quantitative estimate of drug-likeness (QED) is 0.343. The first kappa shape index (κ1) is 21.4. The van der Waals surface area contributed by atoms with E-state index in [0.717, 1.165) is 25.7 Å². The summed E-state index contributed by atoms with van der Waals surface area (Å²) in [6.45, 7) is 12.8. The average molecular weight is 365 g/mol.